The van der Waals surface area contributed by atoms with E-state index >= 15 is 0 Å². The normalized spacial score (nSPS) is 48.9. The van der Waals surface area contributed by atoms with Crippen molar-refractivity contribution >= 4 is 14.1 Å². The number of hydrogen-bond donors (Lipinski definition) is 0. The molecule has 0 amide bonds. The molecule has 0 bridgehead atoms. The van der Waals surface area contributed by atoms with Crippen molar-refractivity contribution in [1.82, 2.24) is 0 Å². The van der Waals surface area contributed by atoms with E-state index < -0.39 is 43.5 Å². The van der Waals surface area contributed by atoms with Crippen LogP contribution < -0.4 is 0 Å². The summed E-state index contributed by atoms with van der Waals surface area (Å²) in [5.41, 5.74) is -0.548. The van der Waals surface area contributed by atoms with Crippen molar-refractivity contribution in [1.29, 1.82) is 0 Å². The number of fused-ring (bicyclic) bond motifs is 5. The van der Waals surface area contributed by atoms with Crippen LogP contribution in [0.25, 0.3) is 0 Å². The van der Waals surface area contributed by atoms with Crippen LogP contribution >= 0.6 is 0 Å². The van der Waals surface area contributed by atoms with Crippen molar-refractivity contribution in [3.8, 4) is 0 Å². The van der Waals surface area contributed by atoms with Crippen LogP contribution in [0.3, 0.4) is 0 Å². The highest BCUT2D eigenvalue weighted by Crippen LogP contribution is 2.68. The first-order chi connectivity index (χ1) is 17.4. The number of carbonyl (C=O) groups excluding carboxylic acids is 1. The zero-order chi connectivity index (χ0) is 28.2. The fourth-order valence-electron chi connectivity index (χ4n) is 8.51. The van der Waals surface area contributed by atoms with Crippen molar-refractivity contribution in [3.05, 3.63) is 0 Å². The van der Waals surface area contributed by atoms with Gasteiger partial charge in [0, 0.05) is 35.8 Å². The van der Waals surface area contributed by atoms with Crippen LogP contribution in [0.1, 0.15) is 97.0 Å². The van der Waals surface area contributed by atoms with E-state index in [1.54, 1.807) is 0 Å². The molecule has 2 unspecified atom stereocenters. The highest BCUT2D eigenvalue weighted by atomic mass is 28.4. The topological polar surface area (TPSA) is 44.8 Å². The SMILES string of the molecule is [2H]C1([2H])C(=O)[C@@]2([2H])C3CC[C@H]([C@H](C)CO[Si](C)(C)C(C)(C)C)[C@@]3(C)CCC2[C@@]2(C)CCC3(C[C@H]12)OCCO3. The van der Waals surface area contributed by atoms with Crippen LogP contribution in [0.5, 0.6) is 0 Å². The molecule has 1 aliphatic heterocycles. The van der Waals surface area contributed by atoms with Crippen LogP contribution in [0.2, 0.25) is 18.1 Å². The van der Waals surface area contributed by atoms with Crippen molar-refractivity contribution < 1.29 is 22.8 Å². The van der Waals surface area contributed by atoms with Gasteiger partial charge in [-0.05, 0) is 90.7 Å². The van der Waals surface area contributed by atoms with Gasteiger partial charge in [0.15, 0.2) is 14.1 Å². The molecule has 4 saturated carbocycles. The van der Waals surface area contributed by atoms with E-state index in [4.69, 9.17) is 13.9 Å². The number of Topliss-reactive ketones (excluding diaryl/α,β-unsaturated/α-hetero) is 1. The van der Waals surface area contributed by atoms with Crippen LogP contribution in [0, 0.1) is 46.3 Å². The summed E-state index contributed by atoms with van der Waals surface area (Å²) in [5, 5.41) is 0.164. The van der Waals surface area contributed by atoms with Gasteiger partial charge in [-0.15, -0.1) is 0 Å². The second kappa shape index (κ2) is 8.64. The van der Waals surface area contributed by atoms with Crippen molar-refractivity contribution in [3.63, 3.8) is 0 Å². The molecule has 0 aromatic carbocycles. The summed E-state index contributed by atoms with van der Waals surface area (Å²) in [5.74, 6) is -2.55. The van der Waals surface area contributed by atoms with Crippen LogP contribution in [0.15, 0.2) is 0 Å². The van der Waals surface area contributed by atoms with Crippen LogP contribution in [-0.2, 0) is 18.7 Å². The lowest BCUT2D eigenvalue weighted by molar-refractivity contribution is -0.227. The van der Waals surface area contributed by atoms with Crippen LogP contribution in [0.4, 0.5) is 0 Å². The highest BCUT2D eigenvalue weighted by molar-refractivity contribution is 6.74. The number of rotatable bonds is 4. The van der Waals surface area contributed by atoms with Gasteiger partial charge in [-0.25, -0.2) is 0 Å². The van der Waals surface area contributed by atoms with Gasteiger partial charge >= 0.3 is 0 Å². The van der Waals surface area contributed by atoms with Crippen molar-refractivity contribution in [2.24, 2.45) is 46.3 Å². The predicted octanol–water partition coefficient (Wildman–Crippen LogP) is 7.23. The maximum absolute atomic E-state index is 14.3. The van der Waals surface area contributed by atoms with E-state index in [1.807, 2.05) is 0 Å². The Morgan fingerprint density at radius 2 is 1.74 bits per heavy atom. The molecule has 35 heavy (non-hydrogen) atoms. The smallest absolute Gasteiger partial charge is 0.191 e. The average Bonchev–Trinajstić information content (AvgIpc) is 3.42. The van der Waals surface area contributed by atoms with Gasteiger partial charge in [-0.1, -0.05) is 41.5 Å². The molecule has 1 saturated heterocycles. The predicted molar refractivity (Wildman–Crippen MR) is 143 cm³/mol. The Labute approximate surface area is 220 Å². The number of ketones is 1. The molecule has 5 heteroatoms. The molecule has 4 aliphatic carbocycles. The lowest BCUT2D eigenvalue weighted by atomic mass is 9.44. The molecule has 200 valence electrons. The molecule has 8 atom stereocenters. The minimum atomic E-state index is -2.05. The lowest BCUT2D eigenvalue weighted by Crippen LogP contribution is -2.59. The van der Waals surface area contributed by atoms with Gasteiger partial charge in [0.1, 0.15) is 5.78 Å². The van der Waals surface area contributed by atoms with Gasteiger partial charge < -0.3 is 13.9 Å². The molecule has 0 aromatic rings. The minimum absolute atomic E-state index is 0.107. The van der Waals surface area contributed by atoms with E-state index in [2.05, 4.69) is 54.6 Å². The Hall–Kier alpha value is -0.233. The van der Waals surface area contributed by atoms with Crippen LogP contribution in [-0.4, -0.2) is 39.7 Å². The molecule has 5 fully saturated rings. The third-order valence-electron chi connectivity index (χ3n) is 11.9. The monoisotopic (exact) mass is 507 g/mol. The Morgan fingerprint density at radius 3 is 2.40 bits per heavy atom. The van der Waals surface area contributed by atoms with E-state index in [0.717, 1.165) is 45.1 Å². The van der Waals surface area contributed by atoms with Gasteiger partial charge in [0.2, 0.25) is 0 Å². The number of hydrogen-bond acceptors (Lipinski definition) is 4. The summed E-state index contributed by atoms with van der Waals surface area (Å²) in [6, 6.07) is 0. The zero-order valence-electron chi connectivity index (χ0n) is 26.6. The maximum Gasteiger partial charge on any atom is 0.191 e. The van der Waals surface area contributed by atoms with E-state index in [1.165, 1.54) is 0 Å². The summed E-state index contributed by atoms with van der Waals surface area (Å²) in [6.07, 6.45) is 3.51. The maximum atomic E-state index is 14.3. The molecule has 1 heterocycles. The summed E-state index contributed by atoms with van der Waals surface area (Å²) in [7, 11) is -1.86. The molecule has 0 aromatic heterocycles. The number of carbonyl (C=O) groups is 1. The highest BCUT2D eigenvalue weighted by Gasteiger charge is 2.64. The lowest BCUT2D eigenvalue weighted by Gasteiger charge is -2.61. The average molecular weight is 508 g/mol. The van der Waals surface area contributed by atoms with Gasteiger partial charge in [-0.2, -0.15) is 0 Å². The molecule has 1 spiro atoms. The van der Waals surface area contributed by atoms with Gasteiger partial charge in [-0.3, -0.25) is 4.79 Å². The molecule has 5 rings (SSSR count). The third-order valence-corrected chi connectivity index (χ3v) is 16.4. The molecular weight excluding hydrogens is 452 g/mol. The quantitative estimate of drug-likeness (QED) is 0.377. The molecule has 0 N–H and O–H groups in total. The minimum Gasteiger partial charge on any atom is -0.417 e. The van der Waals surface area contributed by atoms with E-state index in [9.17, 15) is 8.91 Å². The first-order valence-corrected chi connectivity index (χ1v) is 17.2. The Kier molecular flexibility index (Phi) is 5.61. The van der Waals surface area contributed by atoms with Crippen molar-refractivity contribution in [2.75, 3.05) is 19.8 Å². The largest absolute Gasteiger partial charge is 0.417 e. The molecule has 5 aliphatic rings. The fourth-order valence-corrected chi connectivity index (χ4v) is 9.62. The number of ether oxygens (including phenoxy) is 2. The standard InChI is InChI=1S/C30H52O4Si/c1-20(19-34-35(7,8)27(2,3)4)22-9-10-23-26-24(11-12-29(22,23)6)28(5)13-14-30(32-15-16-33-30)18-21(28)17-25(26)31/h20-24,26H,9-19H2,1-8H3/t20-,21+,22-,23?,24?,26+,28+,29-/m1/s1/i17D2,26D. The summed E-state index contributed by atoms with van der Waals surface area (Å²) in [6.45, 7) is 20.0. The first kappa shape index (κ1) is 22.7. The van der Waals surface area contributed by atoms with Gasteiger partial charge in [0.25, 0.3) is 0 Å². The Balaban J connectivity index is 1.42. The molecular formula is C30H52O4Si. The zero-order valence-corrected chi connectivity index (χ0v) is 24.6. The second-order valence-electron chi connectivity index (χ2n) is 14.7. The first-order valence-electron chi connectivity index (χ1n) is 15.8. The van der Waals surface area contributed by atoms with Gasteiger partial charge in [0.05, 0.1) is 13.2 Å². The summed E-state index contributed by atoms with van der Waals surface area (Å²) in [4.78, 5) is 14.3. The van der Waals surface area contributed by atoms with Crippen molar-refractivity contribution in [2.45, 2.75) is 117 Å². The second-order valence-corrected chi connectivity index (χ2v) is 19.5. The fraction of sp³-hybridized carbons (Fsp3) is 0.967. The third kappa shape index (κ3) is 4.14. The van der Waals surface area contributed by atoms with E-state index in [0.29, 0.717) is 31.5 Å². The molecule has 0 radical (unpaired) electrons. The molecule has 4 nitrogen and oxygen atoms in total. The Bertz CT molecular complexity index is 960. The van der Waals surface area contributed by atoms with E-state index in [-0.39, 0.29) is 22.3 Å². The Morgan fingerprint density at radius 1 is 1.09 bits per heavy atom. The summed E-state index contributed by atoms with van der Waals surface area (Å²) < 4.78 is 47.0. The summed E-state index contributed by atoms with van der Waals surface area (Å²) >= 11 is 0.